The SMILES string of the molecule is CC(C)Oc1ccc(CN=C(N)NC(C)(C)C)cn1.I. The molecule has 0 saturated carbocycles. The lowest BCUT2D eigenvalue weighted by Crippen LogP contribution is -2.44. The fourth-order valence-electron chi connectivity index (χ4n) is 1.42. The molecule has 20 heavy (non-hydrogen) atoms. The Balaban J connectivity index is 0.00000361. The van der Waals surface area contributed by atoms with Crippen molar-refractivity contribution in [3.63, 3.8) is 0 Å². The Bertz CT molecular complexity index is 424. The van der Waals surface area contributed by atoms with Gasteiger partial charge >= 0.3 is 0 Å². The van der Waals surface area contributed by atoms with E-state index in [0.29, 0.717) is 18.4 Å². The molecule has 0 aliphatic carbocycles. The van der Waals surface area contributed by atoms with Gasteiger partial charge in [-0.15, -0.1) is 24.0 Å². The van der Waals surface area contributed by atoms with Crippen LogP contribution >= 0.6 is 24.0 Å². The van der Waals surface area contributed by atoms with Crippen molar-refractivity contribution in [3.05, 3.63) is 23.9 Å². The molecule has 1 heterocycles. The first kappa shape index (κ1) is 18.9. The average molecular weight is 392 g/mol. The molecule has 0 aliphatic heterocycles. The summed E-state index contributed by atoms with van der Waals surface area (Å²) >= 11 is 0. The van der Waals surface area contributed by atoms with Crippen molar-refractivity contribution in [1.82, 2.24) is 10.3 Å². The van der Waals surface area contributed by atoms with Crippen LogP contribution in [0.4, 0.5) is 0 Å². The van der Waals surface area contributed by atoms with E-state index in [1.54, 1.807) is 6.20 Å². The van der Waals surface area contributed by atoms with E-state index in [2.05, 4.69) is 15.3 Å². The van der Waals surface area contributed by atoms with Gasteiger partial charge in [-0.05, 0) is 40.2 Å². The third-order valence-electron chi connectivity index (χ3n) is 2.09. The van der Waals surface area contributed by atoms with E-state index in [0.717, 1.165) is 5.56 Å². The lowest BCUT2D eigenvalue weighted by Gasteiger charge is -2.20. The van der Waals surface area contributed by atoms with Crippen LogP contribution in [-0.2, 0) is 6.54 Å². The zero-order chi connectivity index (χ0) is 14.5. The molecule has 1 rings (SSSR count). The van der Waals surface area contributed by atoms with Crippen molar-refractivity contribution in [2.24, 2.45) is 10.7 Å². The van der Waals surface area contributed by atoms with Crippen LogP contribution in [0.3, 0.4) is 0 Å². The molecule has 114 valence electrons. The highest BCUT2D eigenvalue weighted by molar-refractivity contribution is 14.0. The van der Waals surface area contributed by atoms with Crippen LogP contribution < -0.4 is 15.8 Å². The standard InChI is InChI=1S/C14H24N4O.HI/c1-10(2)19-12-7-6-11(8-16-12)9-17-13(15)18-14(3,4)5;/h6-8,10H,9H2,1-5H3,(H3,15,17,18);1H. The Labute approximate surface area is 138 Å². The highest BCUT2D eigenvalue weighted by Gasteiger charge is 2.09. The average Bonchev–Trinajstić information content (AvgIpc) is 2.25. The summed E-state index contributed by atoms with van der Waals surface area (Å²) in [5, 5.41) is 3.11. The summed E-state index contributed by atoms with van der Waals surface area (Å²) in [5.74, 6) is 1.07. The van der Waals surface area contributed by atoms with Gasteiger partial charge in [-0.2, -0.15) is 0 Å². The van der Waals surface area contributed by atoms with Crippen LogP contribution in [0.5, 0.6) is 5.88 Å². The normalized spacial score (nSPS) is 12.0. The predicted octanol–water partition coefficient (Wildman–Crippen LogP) is 2.69. The van der Waals surface area contributed by atoms with E-state index in [4.69, 9.17) is 10.5 Å². The van der Waals surface area contributed by atoms with Crippen molar-refractivity contribution in [2.75, 3.05) is 0 Å². The van der Waals surface area contributed by atoms with Crippen molar-refractivity contribution in [2.45, 2.75) is 52.8 Å². The Hall–Kier alpha value is -1.05. The second kappa shape index (κ2) is 8.28. The number of rotatable bonds is 4. The fourth-order valence-corrected chi connectivity index (χ4v) is 1.42. The smallest absolute Gasteiger partial charge is 0.213 e. The molecule has 3 N–H and O–H groups in total. The van der Waals surface area contributed by atoms with Crippen molar-refractivity contribution in [1.29, 1.82) is 0 Å². The zero-order valence-electron chi connectivity index (χ0n) is 12.8. The van der Waals surface area contributed by atoms with Gasteiger partial charge in [0.05, 0.1) is 12.6 Å². The Morgan fingerprint density at radius 1 is 1.40 bits per heavy atom. The number of halogens is 1. The number of hydrogen-bond donors (Lipinski definition) is 2. The number of nitrogens with two attached hydrogens (primary N) is 1. The molecule has 0 saturated heterocycles. The molecule has 6 heteroatoms. The summed E-state index contributed by atoms with van der Waals surface area (Å²) < 4.78 is 5.48. The predicted molar refractivity (Wildman–Crippen MR) is 93.6 cm³/mol. The van der Waals surface area contributed by atoms with E-state index in [1.165, 1.54) is 0 Å². The maximum atomic E-state index is 5.80. The van der Waals surface area contributed by atoms with Gasteiger partial charge in [0.1, 0.15) is 0 Å². The maximum Gasteiger partial charge on any atom is 0.213 e. The van der Waals surface area contributed by atoms with Gasteiger partial charge in [-0.1, -0.05) is 6.07 Å². The van der Waals surface area contributed by atoms with Crippen molar-refractivity contribution >= 4 is 29.9 Å². The highest BCUT2D eigenvalue weighted by Crippen LogP contribution is 2.10. The molecule has 0 aromatic carbocycles. The molecule has 0 atom stereocenters. The molecule has 1 aromatic rings. The first-order valence-electron chi connectivity index (χ1n) is 6.46. The zero-order valence-corrected chi connectivity index (χ0v) is 15.1. The van der Waals surface area contributed by atoms with Gasteiger partial charge in [0.25, 0.3) is 0 Å². The number of nitrogens with one attached hydrogen (secondary N) is 1. The molecular formula is C14H25IN4O. The molecule has 0 amide bonds. The number of aliphatic imine (C=N–C) groups is 1. The number of nitrogens with zero attached hydrogens (tertiary/aromatic N) is 2. The molecule has 0 aliphatic rings. The summed E-state index contributed by atoms with van der Waals surface area (Å²) in [6, 6.07) is 3.79. The number of aromatic nitrogens is 1. The largest absolute Gasteiger partial charge is 0.475 e. The Morgan fingerprint density at radius 3 is 2.50 bits per heavy atom. The summed E-state index contributed by atoms with van der Waals surface area (Å²) in [4.78, 5) is 8.49. The van der Waals surface area contributed by atoms with Crippen LogP contribution in [0.2, 0.25) is 0 Å². The molecule has 0 fully saturated rings. The summed E-state index contributed by atoms with van der Waals surface area (Å²) in [6.07, 6.45) is 1.88. The van der Waals surface area contributed by atoms with Gasteiger partial charge in [-0.25, -0.2) is 9.98 Å². The quantitative estimate of drug-likeness (QED) is 0.470. The number of pyridine rings is 1. The van der Waals surface area contributed by atoms with Crippen LogP contribution in [0.15, 0.2) is 23.3 Å². The summed E-state index contributed by atoms with van der Waals surface area (Å²) in [7, 11) is 0. The minimum absolute atomic E-state index is 0. The topological polar surface area (TPSA) is 72.5 Å². The van der Waals surface area contributed by atoms with Crippen molar-refractivity contribution in [3.8, 4) is 5.88 Å². The van der Waals surface area contributed by atoms with Gasteiger partial charge < -0.3 is 15.8 Å². The molecule has 0 bridgehead atoms. The first-order valence-corrected chi connectivity index (χ1v) is 6.46. The van der Waals surface area contributed by atoms with Gasteiger partial charge in [0, 0.05) is 17.8 Å². The first-order chi connectivity index (χ1) is 8.76. The molecular weight excluding hydrogens is 367 g/mol. The lowest BCUT2D eigenvalue weighted by molar-refractivity contribution is 0.232. The number of ether oxygens (including phenoxy) is 1. The third-order valence-corrected chi connectivity index (χ3v) is 2.09. The number of hydrogen-bond acceptors (Lipinski definition) is 3. The van der Waals surface area contributed by atoms with E-state index in [1.807, 2.05) is 46.8 Å². The van der Waals surface area contributed by atoms with E-state index < -0.39 is 0 Å². The molecule has 0 radical (unpaired) electrons. The van der Waals surface area contributed by atoms with Gasteiger partial charge in [-0.3, -0.25) is 0 Å². The van der Waals surface area contributed by atoms with Crippen molar-refractivity contribution < 1.29 is 4.74 Å². The highest BCUT2D eigenvalue weighted by atomic mass is 127. The van der Waals surface area contributed by atoms with Crippen LogP contribution in [0.1, 0.15) is 40.2 Å². The Morgan fingerprint density at radius 2 is 2.05 bits per heavy atom. The van der Waals surface area contributed by atoms with Crippen LogP contribution in [0.25, 0.3) is 0 Å². The third kappa shape index (κ3) is 8.19. The van der Waals surface area contributed by atoms with E-state index >= 15 is 0 Å². The lowest BCUT2D eigenvalue weighted by atomic mass is 10.1. The van der Waals surface area contributed by atoms with Gasteiger partial charge in [0.2, 0.25) is 5.88 Å². The molecule has 0 spiro atoms. The maximum absolute atomic E-state index is 5.80. The van der Waals surface area contributed by atoms with E-state index in [9.17, 15) is 0 Å². The van der Waals surface area contributed by atoms with E-state index in [-0.39, 0.29) is 35.6 Å². The van der Waals surface area contributed by atoms with Crippen LogP contribution in [0, 0.1) is 0 Å². The van der Waals surface area contributed by atoms with Gasteiger partial charge in [0.15, 0.2) is 5.96 Å². The Kier molecular flexibility index (Phi) is 7.85. The van der Waals surface area contributed by atoms with Crippen LogP contribution in [-0.4, -0.2) is 22.6 Å². The second-order valence-corrected chi connectivity index (χ2v) is 5.75. The minimum atomic E-state index is -0.0825. The molecule has 5 nitrogen and oxygen atoms in total. The summed E-state index contributed by atoms with van der Waals surface area (Å²) in [6.45, 7) is 10.6. The monoisotopic (exact) mass is 392 g/mol. The number of guanidine groups is 1. The molecule has 1 aromatic heterocycles. The molecule has 0 unspecified atom stereocenters. The fraction of sp³-hybridized carbons (Fsp3) is 0.571. The second-order valence-electron chi connectivity index (χ2n) is 5.75. The summed E-state index contributed by atoms with van der Waals surface area (Å²) in [5.41, 5.74) is 6.71. The minimum Gasteiger partial charge on any atom is -0.475 e.